The molecule has 2 atom stereocenters. The summed E-state index contributed by atoms with van der Waals surface area (Å²) in [5.41, 5.74) is 7.33. The number of aromatic nitrogens is 1. The smallest absolute Gasteiger partial charge is 0.320 e. The van der Waals surface area contributed by atoms with E-state index in [9.17, 15) is 20.3 Å². The number of nitrogens with zero attached hydrogens (tertiary/aromatic N) is 4. The van der Waals surface area contributed by atoms with Gasteiger partial charge in [-0.1, -0.05) is 42.3 Å². The molecule has 0 amide bonds. The van der Waals surface area contributed by atoms with E-state index in [2.05, 4.69) is 48.0 Å². The lowest BCUT2D eigenvalue weighted by molar-refractivity contribution is -0.144. The standard InChI is InChI=1S/C42H47ClN4O6/c1-28-10-11-35(51-16-6-13-46-15-12-34(48)25-46)19-37(28)36-8-5-7-32(29(36)2)27-53-41-20-40(52-26-31-17-30(21-44)22-45-23-31)33(18-38(41)43)24-47-14-4-3-9-39(47)42(49)50/h5,7-8,10-11,17-20,22-23,34,39,48H,3-4,6,9,12-16,24-27H2,1-2H3,(H,49,50)/t34-,39+/m1/s1. The Balaban J connectivity index is 1.18. The average molecular weight is 739 g/mol. The molecule has 2 saturated heterocycles. The molecule has 11 heteroatoms. The summed E-state index contributed by atoms with van der Waals surface area (Å²) in [5, 5.41) is 29.4. The van der Waals surface area contributed by atoms with Crippen LogP contribution in [0, 0.1) is 25.2 Å². The molecule has 6 rings (SSSR count). The van der Waals surface area contributed by atoms with Crippen LogP contribution in [-0.2, 0) is 24.6 Å². The third-order valence-corrected chi connectivity index (χ3v) is 10.5. The fourth-order valence-corrected chi connectivity index (χ4v) is 7.41. The Morgan fingerprint density at radius 1 is 0.962 bits per heavy atom. The van der Waals surface area contributed by atoms with Crippen LogP contribution >= 0.6 is 11.6 Å². The number of halogens is 1. The highest BCUT2D eigenvalue weighted by atomic mass is 35.5. The summed E-state index contributed by atoms with van der Waals surface area (Å²) in [6.45, 7) is 8.82. The van der Waals surface area contributed by atoms with Crippen LogP contribution in [-0.4, -0.2) is 75.9 Å². The lowest BCUT2D eigenvalue weighted by atomic mass is 9.93. The second-order valence-corrected chi connectivity index (χ2v) is 14.4. The summed E-state index contributed by atoms with van der Waals surface area (Å²) in [6.07, 6.45) is 7.06. The van der Waals surface area contributed by atoms with Crippen molar-refractivity contribution in [3.63, 3.8) is 0 Å². The van der Waals surface area contributed by atoms with Crippen LogP contribution in [0.25, 0.3) is 11.1 Å². The van der Waals surface area contributed by atoms with Gasteiger partial charge in [-0.15, -0.1) is 0 Å². The van der Waals surface area contributed by atoms with Gasteiger partial charge < -0.3 is 29.3 Å². The molecule has 10 nitrogen and oxygen atoms in total. The number of carbonyl (C=O) groups is 1. The van der Waals surface area contributed by atoms with Crippen LogP contribution in [0.5, 0.6) is 17.2 Å². The van der Waals surface area contributed by atoms with E-state index in [1.54, 1.807) is 24.4 Å². The lowest BCUT2D eigenvalue weighted by Gasteiger charge is -2.33. The number of hydrogen-bond acceptors (Lipinski definition) is 9. The number of carboxylic acids is 1. The number of hydrogen-bond donors (Lipinski definition) is 2. The van der Waals surface area contributed by atoms with Gasteiger partial charge in [-0.05, 0) is 98.2 Å². The van der Waals surface area contributed by atoms with Crippen molar-refractivity contribution in [1.29, 1.82) is 5.26 Å². The fourth-order valence-electron chi connectivity index (χ4n) is 7.17. The first-order chi connectivity index (χ1) is 25.7. The first-order valence-electron chi connectivity index (χ1n) is 18.3. The van der Waals surface area contributed by atoms with Gasteiger partial charge in [0.05, 0.1) is 23.3 Å². The number of aliphatic hydroxyl groups is 1. The minimum atomic E-state index is -0.834. The maximum atomic E-state index is 12.1. The van der Waals surface area contributed by atoms with Gasteiger partial charge in [0, 0.05) is 55.8 Å². The molecule has 2 aliphatic heterocycles. The van der Waals surface area contributed by atoms with Crippen molar-refractivity contribution in [2.24, 2.45) is 0 Å². The zero-order chi connectivity index (χ0) is 37.3. The lowest BCUT2D eigenvalue weighted by Crippen LogP contribution is -2.44. The molecule has 2 aliphatic rings. The summed E-state index contributed by atoms with van der Waals surface area (Å²) in [4.78, 5) is 20.5. The van der Waals surface area contributed by atoms with Crippen molar-refractivity contribution >= 4 is 17.6 Å². The van der Waals surface area contributed by atoms with E-state index >= 15 is 0 Å². The summed E-state index contributed by atoms with van der Waals surface area (Å²) < 4.78 is 18.8. The summed E-state index contributed by atoms with van der Waals surface area (Å²) >= 11 is 6.85. The quantitative estimate of drug-likeness (QED) is 0.120. The number of piperidine rings is 1. The first kappa shape index (κ1) is 38.1. The van der Waals surface area contributed by atoms with E-state index in [1.807, 2.05) is 23.1 Å². The second-order valence-electron chi connectivity index (χ2n) is 14.0. The Morgan fingerprint density at radius 2 is 1.81 bits per heavy atom. The summed E-state index contributed by atoms with van der Waals surface area (Å²) in [5.74, 6) is 0.960. The molecule has 2 N–H and O–H groups in total. The van der Waals surface area contributed by atoms with Crippen LogP contribution in [0.2, 0.25) is 5.02 Å². The Hall–Kier alpha value is -4.66. The van der Waals surface area contributed by atoms with Gasteiger partial charge in [0.15, 0.2) is 0 Å². The molecule has 0 aliphatic carbocycles. The van der Waals surface area contributed by atoms with Crippen LogP contribution < -0.4 is 14.2 Å². The largest absolute Gasteiger partial charge is 0.494 e. The van der Waals surface area contributed by atoms with Crippen molar-refractivity contribution in [2.45, 2.75) is 77.9 Å². The highest BCUT2D eigenvalue weighted by Crippen LogP contribution is 2.37. The number of rotatable bonds is 15. The third-order valence-electron chi connectivity index (χ3n) is 10.2. The molecule has 0 spiro atoms. The number of pyridine rings is 1. The van der Waals surface area contributed by atoms with E-state index in [0.717, 1.165) is 90.0 Å². The van der Waals surface area contributed by atoms with Crippen LogP contribution in [0.3, 0.4) is 0 Å². The van der Waals surface area contributed by atoms with Crippen molar-refractivity contribution < 1.29 is 29.2 Å². The molecule has 4 aromatic rings. The fraction of sp³-hybridized carbons (Fsp3) is 0.405. The number of likely N-dealkylation sites (tertiary alicyclic amines) is 2. The maximum absolute atomic E-state index is 12.1. The SMILES string of the molecule is Cc1ccc(OCCCN2CC[C@@H](O)C2)cc1-c1cccc(COc2cc(OCc3cncc(C#N)c3)c(CN3CCCC[C@H]3C(=O)O)cc2Cl)c1C. The minimum absolute atomic E-state index is 0.158. The van der Waals surface area contributed by atoms with E-state index in [4.69, 9.17) is 25.8 Å². The second kappa shape index (κ2) is 17.9. The van der Waals surface area contributed by atoms with Gasteiger partial charge in [0.1, 0.15) is 42.6 Å². The number of aryl methyl sites for hydroxylation is 1. The zero-order valence-electron chi connectivity index (χ0n) is 30.4. The van der Waals surface area contributed by atoms with Crippen LogP contribution in [0.1, 0.15) is 65.5 Å². The monoisotopic (exact) mass is 738 g/mol. The Kier molecular flexibility index (Phi) is 12.9. The normalized spacial score (nSPS) is 17.7. The highest BCUT2D eigenvalue weighted by molar-refractivity contribution is 6.32. The Bertz CT molecular complexity index is 1950. The highest BCUT2D eigenvalue weighted by Gasteiger charge is 2.29. The van der Waals surface area contributed by atoms with Gasteiger partial charge in [-0.3, -0.25) is 14.7 Å². The summed E-state index contributed by atoms with van der Waals surface area (Å²) in [6, 6.07) is 19.2. The van der Waals surface area contributed by atoms with Gasteiger partial charge >= 0.3 is 5.97 Å². The molecule has 3 heterocycles. The van der Waals surface area contributed by atoms with Crippen molar-refractivity contribution in [3.8, 4) is 34.4 Å². The molecule has 0 bridgehead atoms. The van der Waals surface area contributed by atoms with Crippen molar-refractivity contribution in [2.75, 3.05) is 32.8 Å². The predicted molar refractivity (Wildman–Crippen MR) is 203 cm³/mol. The molecular weight excluding hydrogens is 692 g/mol. The van der Waals surface area contributed by atoms with E-state index in [0.29, 0.717) is 48.2 Å². The molecule has 53 heavy (non-hydrogen) atoms. The molecular formula is C42H47ClN4O6. The molecule has 0 saturated carbocycles. The number of β-amino-alcohol motifs (C(OH)–C–C–N with tert-alkyl or cyclic N) is 1. The topological polar surface area (TPSA) is 128 Å². The number of carboxylic acid groups (broad SMARTS) is 1. The van der Waals surface area contributed by atoms with Crippen molar-refractivity contribution in [3.05, 3.63) is 105 Å². The number of aliphatic hydroxyl groups excluding tert-OH is 1. The predicted octanol–water partition coefficient (Wildman–Crippen LogP) is 7.32. The number of nitriles is 1. The van der Waals surface area contributed by atoms with Gasteiger partial charge in [-0.2, -0.15) is 5.26 Å². The van der Waals surface area contributed by atoms with Crippen LogP contribution in [0.15, 0.2) is 67.0 Å². The molecule has 278 valence electrons. The third kappa shape index (κ3) is 9.86. The van der Waals surface area contributed by atoms with E-state index < -0.39 is 12.0 Å². The Morgan fingerprint density at radius 3 is 2.60 bits per heavy atom. The molecule has 1 aromatic heterocycles. The van der Waals surface area contributed by atoms with Crippen molar-refractivity contribution in [1.82, 2.24) is 14.8 Å². The molecule has 0 unspecified atom stereocenters. The van der Waals surface area contributed by atoms with Gasteiger partial charge in [0.2, 0.25) is 0 Å². The van der Waals surface area contributed by atoms with Gasteiger partial charge in [0.25, 0.3) is 0 Å². The summed E-state index contributed by atoms with van der Waals surface area (Å²) in [7, 11) is 0. The van der Waals surface area contributed by atoms with Crippen LogP contribution in [0.4, 0.5) is 0 Å². The molecule has 2 fully saturated rings. The average Bonchev–Trinajstić information content (AvgIpc) is 3.58. The number of aliphatic carboxylic acids is 1. The molecule has 0 radical (unpaired) electrons. The van der Waals surface area contributed by atoms with Gasteiger partial charge in [-0.25, -0.2) is 0 Å². The molecule has 3 aromatic carbocycles. The minimum Gasteiger partial charge on any atom is -0.494 e. The maximum Gasteiger partial charge on any atom is 0.320 e. The zero-order valence-corrected chi connectivity index (χ0v) is 31.1. The Labute approximate surface area is 316 Å². The number of benzene rings is 3. The van der Waals surface area contributed by atoms with E-state index in [-0.39, 0.29) is 19.3 Å². The number of ether oxygens (including phenoxy) is 3. The van der Waals surface area contributed by atoms with E-state index in [1.165, 1.54) is 6.20 Å². The first-order valence-corrected chi connectivity index (χ1v) is 18.7.